The molecule has 1 fully saturated rings. The van der Waals surface area contributed by atoms with E-state index in [9.17, 15) is 4.79 Å². The van der Waals surface area contributed by atoms with E-state index in [-0.39, 0.29) is 12.5 Å². The molecule has 1 saturated carbocycles. The number of halogens is 1. The Balaban J connectivity index is 1.89. The fourth-order valence-electron chi connectivity index (χ4n) is 2.25. The van der Waals surface area contributed by atoms with Crippen molar-refractivity contribution in [3.63, 3.8) is 0 Å². The molecule has 1 aliphatic rings. The molecule has 0 heterocycles. The average Bonchev–Trinajstić information content (AvgIpc) is 2.87. The molecular weight excluding hydrogens is 264 g/mol. The molecule has 0 unspecified atom stereocenters. The third kappa shape index (κ3) is 3.39. The van der Waals surface area contributed by atoms with Crippen LogP contribution in [0.25, 0.3) is 0 Å². The van der Waals surface area contributed by atoms with Gasteiger partial charge in [0, 0.05) is 0 Å². The van der Waals surface area contributed by atoms with Crippen LogP contribution in [-0.4, -0.2) is 18.1 Å². The Labute approximate surface area is 117 Å². The number of carbonyl (C=O) groups is 1. The van der Waals surface area contributed by atoms with Crippen LogP contribution in [0.4, 0.5) is 0 Å². The van der Waals surface area contributed by atoms with Crippen LogP contribution in [0.15, 0.2) is 24.3 Å². The second-order valence-corrected chi connectivity index (χ2v) is 5.08. The molecule has 5 heteroatoms. The number of benzene rings is 1. The molecule has 0 atom stereocenters. The second-order valence-electron chi connectivity index (χ2n) is 4.67. The van der Waals surface area contributed by atoms with Crippen LogP contribution in [0.2, 0.25) is 5.02 Å². The highest BCUT2D eigenvalue weighted by Gasteiger charge is 2.35. The van der Waals surface area contributed by atoms with Crippen molar-refractivity contribution in [1.82, 2.24) is 5.32 Å². The van der Waals surface area contributed by atoms with Gasteiger partial charge in [-0.15, -0.1) is 0 Å². The lowest BCUT2D eigenvalue weighted by atomic mass is 10.00. The number of nitrogens with one attached hydrogen (secondary N) is 1. The van der Waals surface area contributed by atoms with E-state index in [1.807, 2.05) is 0 Å². The minimum atomic E-state index is -0.707. The summed E-state index contributed by atoms with van der Waals surface area (Å²) in [6.07, 6.45) is 3.36. The number of hydrogen-bond donors (Lipinski definition) is 1. The van der Waals surface area contributed by atoms with E-state index in [4.69, 9.17) is 21.6 Å². The molecule has 0 bridgehead atoms. The predicted molar refractivity (Wildman–Crippen MR) is 71.9 cm³/mol. The smallest absolute Gasteiger partial charge is 0.259 e. The van der Waals surface area contributed by atoms with Gasteiger partial charge in [-0.2, -0.15) is 5.26 Å². The van der Waals surface area contributed by atoms with Gasteiger partial charge >= 0.3 is 0 Å². The van der Waals surface area contributed by atoms with Crippen molar-refractivity contribution in [2.75, 3.05) is 6.61 Å². The van der Waals surface area contributed by atoms with Crippen LogP contribution in [0, 0.1) is 11.3 Å². The number of para-hydroxylation sites is 1. The molecule has 1 amide bonds. The van der Waals surface area contributed by atoms with Gasteiger partial charge < -0.3 is 10.1 Å². The summed E-state index contributed by atoms with van der Waals surface area (Å²) in [4.78, 5) is 11.8. The second kappa shape index (κ2) is 5.94. The van der Waals surface area contributed by atoms with Gasteiger partial charge in [-0.25, -0.2) is 0 Å². The molecular formula is C14H15ClN2O2. The minimum Gasteiger partial charge on any atom is -0.482 e. The largest absolute Gasteiger partial charge is 0.482 e. The summed E-state index contributed by atoms with van der Waals surface area (Å²) >= 11 is 5.92. The van der Waals surface area contributed by atoms with E-state index < -0.39 is 5.54 Å². The van der Waals surface area contributed by atoms with E-state index in [1.54, 1.807) is 24.3 Å². The summed E-state index contributed by atoms with van der Waals surface area (Å²) in [6.45, 7) is -0.132. The van der Waals surface area contributed by atoms with Crippen molar-refractivity contribution in [3.8, 4) is 11.8 Å². The maximum atomic E-state index is 11.8. The van der Waals surface area contributed by atoms with Gasteiger partial charge in [-0.1, -0.05) is 23.7 Å². The highest BCUT2D eigenvalue weighted by molar-refractivity contribution is 6.32. The Bertz CT molecular complexity index is 504. The first-order valence-electron chi connectivity index (χ1n) is 6.25. The zero-order chi connectivity index (χ0) is 13.7. The molecule has 1 N–H and O–H groups in total. The molecule has 4 nitrogen and oxygen atoms in total. The summed E-state index contributed by atoms with van der Waals surface area (Å²) < 4.78 is 5.34. The number of rotatable bonds is 4. The molecule has 100 valence electrons. The van der Waals surface area contributed by atoms with Crippen LogP contribution in [0.3, 0.4) is 0 Å². The SMILES string of the molecule is N#CC1(NC(=O)COc2ccccc2Cl)CCCC1. The van der Waals surface area contributed by atoms with Gasteiger partial charge in [0.15, 0.2) is 6.61 Å². The van der Waals surface area contributed by atoms with Crippen LogP contribution < -0.4 is 10.1 Å². The molecule has 0 aliphatic heterocycles. The summed E-state index contributed by atoms with van der Waals surface area (Å²) in [5, 5.41) is 12.4. The van der Waals surface area contributed by atoms with Crippen LogP contribution >= 0.6 is 11.6 Å². The number of nitrogens with zero attached hydrogens (tertiary/aromatic N) is 1. The summed E-state index contributed by atoms with van der Waals surface area (Å²) in [7, 11) is 0. The van der Waals surface area contributed by atoms with Crippen LogP contribution in [-0.2, 0) is 4.79 Å². The van der Waals surface area contributed by atoms with Crippen LogP contribution in [0.1, 0.15) is 25.7 Å². The lowest BCUT2D eigenvalue weighted by Crippen LogP contribution is -2.47. The lowest BCUT2D eigenvalue weighted by molar-refractivity contribution is -0.124. The lowest BCUT2D eigenvalue weighted by Gasteiger charge is -2.21. The Morgan fingerprint density at radius 3 is 2.74 bits per heavy atom. The molecule has 1 aromatic rings. The quantitative estimate of drug-likeness (QED) is 0.921. The molecule has 2 rings (SSSR count). The fourth-order valence-corrected chi connectivity index (χ4v) is 2.44. The Morgan fingerprint density at radius 2 is 2.11 bits per heavy atom. The number of nitriles is 1. The predicted octanol–water partition coefficient (Wildman–Crippen LogP) is 2.67. The van der Waals surface area contributed by atoms with E-state index in [1.165, 1.54) is 0 Å². The normalized spacial score (nSPS) is 16.6. The fraction of sp³-hybridized carbons (Fsp3) is 0.429. The number of carbonyl (C=O) groups excluding carboxylic acids is 1. The van der Waals surface area contributed by atoms with Gasteiger partial charge in [-0.05, 0) is 37.8 Å². The zero-order valence-corrected chi connectivity index (χ0v) is 11.2. The summed E-state index contributed by atoms with van der Waals surface area (Å²) in [6, 6.07) is 9.18. The zero-order valence-electron chi connectivity index (χ0n) is 10.5. The van der Waals surface area contributed by atoms with Crippen molar-refractivity contribution in [2.45, 2.75) is 31.2 Å². The van der Waals surface area contributed by atoms with Gasteiger partial charge in [0.2, 0.25) is 0 Å². The maximum absolute atomic E-state index is 11.8. The van der Waals surface area contributed by atoms with Crippen molar-refractivity contribution >= 4 is 17.5 Å². The third-order valence-corrected chi connectivity index (χ3v) is 3.56. The minimum absolute atomic E-state index is 0.132. The Hall–Kier alpha value is -1.73. The molecule has 0 saturated heterocycles. The molecule has 1 aromatic carbocycles. The van der Waals surface area contributed by atoms with Crippen molar-refractivity contribution < 1.29 is 9.53 Å². The molecule has 19 heavy (non-hydrogen) atoms. The van der Waals surface area contributed by atoms with Crippen molar-refractivity contribution in [2.24, 2.45) is 0 Å². The molecule has 0 aromatic heterocycles. The maximum Gasteiger partial charge on any atom is 0.259 e. The third-order valence-electron chi connectivity index (χ3n) is 3.25. The van der Waals surface area contributed by atoms with Crippen molar-refractivity contribution in [1.29, 1.82) is 5.26 Å². The van der Waals surface area contributed by atoms with Crippen molar-refractivity contribution in [3.05, 3.63) is 29.3 Å². The Kier molecular flexibility index (Phi) is 4.28. The average molecular weight is 279 g/mol. The number of amides is 1. The van der Waals surface area contributed by atoms with E-state index in [0.717, 1.165) is 12.8 Å². The topological polar surface area (TPSA) is 62.1 Å². The first-order valence-corrected chi connectivity index (χ1v) is 6.63. The van der Waals surface area contributed by atoms with Gasteiger partial charge in [0.25, 0.3) is 5.91 Å². The number of hydrogen-bond acceptors (Lipinski definition) is 3. The number of ether oxygens (including phenoxy) is 1. The molecule has 0 radical (unpaired) electrons. The van der Waals surface area contributed by atoms with E-state index in [0.29, 0.717) is 23.6 Å². The monoisotopic (exact) mass is 278 g/mol. The van der Waals surface area contributed by atoms with E-state index in [2.05, 4.69) is 11.4 Å². The van der Waals surface area contributed by atoms with Crippen LogP contribution in [0.5, 0.6) is 5.75 Å². The standard InChI is InChI=1S/C14H15ClN2O2/c15-11-5-1-2-6-12(11)19-9-13(18)17-14(10-16)7-3-4-8-14/h1-2,5-6H,3-4,7-9H2,(H,17,18). The first kappa shape index (κ1) is 13.7. The van der Waals surface area contributed by atoms with E-state index >= 15 is 0 Å². The Morgan fingerprint density at radius 1 is 1.42 bits per heavy atom. The highest BCUT2D eigenvalue weighted by Crippen LogP contribution is 2.29. The van der Waals surface area contributed by atoms with Gasteiger partial charge in [0.1, 0.15) is 11.3 Å². The van der Waals surface area contributed by atoms with Gasteiger partial charge in [0.05, 0.1) is 11.1 Å². The molecule has 0 spiro atoms. The highest BCUT2D eigenvalue weighted by atomic mass is 35.5. The first-order chi connectivity index (χ1) is 9.15. The summed E-state index contributed by atoms with van der Waals surface area (Å²) in [5.74, 6) is 0.181. The summed E-state index contributed by atoms with van der Waals surface area (Å²) in [5.41, 5.74) is -0.707. The van der Waals surface area contributed by atoms with Gasteiger partial charge in [-0.3, -0.25) is 4.79 Å². The molecule has 1 aliphatic carbocycles.